The second kappa shape index (κ2) is 10.8. The average Bonchev–Trinajstić information content (AvgIpc) is 2.88. The van der Waals surface area contributed by atoms with Crippen molar-refractivity contribution in [3.05, 3.63) is 121 Å². The molecule has 3 aromatic carbocycles. The van der Waals surface area contributed by atoms with Crippen LogP contribution in [0.5, 0.6) is 0 Å². The van der Waals surface area contributed by atoms with Crippen molar-refractivity contribution < 1.29 is 4.79 Å². The summed E-state index contributed by atoms with van der Waals surface area (Å²) in [4.78, 5) is 16.4. The average molecular weight is 440 g/mol. The summed E-state index contributed by atoms with van der Waals surface area (Å²) < 4.78 is 0. The highest BCUT2D eigenvalue weighted by Crippen LogP contribution is 2.55. The molecule has 1 heterocycles. The number of nitrogens with one attached hydrogen (secondary N) is 1. The van der Waals surface area contributed by atoms with E-state index < -0.39 is 7.26 Å². The minimum atomic E-state index is -1.80. The van der Waals surface area contributed by atoms with Crippen LogP contribution in [0.4, 0.5) is 0 Å². The van der Waals surface area contributed by atoms with Gasteiger partial charge in [-0.05, 0) is 61.4 Å². The minimum absolute atomic E-state index is 0.0617. The molecule has 1 N–H and O–H groups in total. The molecular weight excluding hydrogens is 411 g/mol. The Morgan fingerprint density at radius 2 is 1.22 bits per heavy atom. The summed E-state index contributed by atoms with van der Waals surface area (Å²) in [5, 5.41) is 7.24. The number of aromatic nitrogens is 1. The van der Waals surface area contributed by atoms with Gasteiger partial charge in [-0.25, -0.2) is 0 Å². The summed E-state index contributed by atoms with van der Waals surface area (Å²) in [6.07, 6.45) is 6.30. The van der Waals surface area contributed by atoms with Gasteiger partial charge in [0.1, 0.15) is 23.2 Å². The van der Waals surface area contributed by atoms with Crippen LogP contribution in [0.25, 0.3) is 0 Å². The summed E-state index contributed by atoms with van der Waals surface area (Å²) in [6.45, 7) is 0.659. The fraction of sp³-hybridized carbons (Fsp3) is 0.143. The van der Waals surface area contributed by atoms with Gasteiger partial charge >= 0.3 is 0 Å². The van der Waals surface area contributed by atoms with Crippen LogP contribution in [-0.4, -0.2) is 23.6 Å². The van der Waals surface area contributed by atoms with Crippen LogP contribution in [-0.2, 0) is 0 Å². The number of unbranched alkanes of at least 4 members (excludes halogenated alkanes) is 1. The fourth-order valence-electron chi connectivity index (χ4n) is 4.16. The molecule has 0 saturated carbocycles. The molecule has 32 heavy (non-hydrogen) atoms. The van der Waals surface area contributed by atoms with Crippen LogP contribution in [0.1, 0.15) is 23.2 Å². The van der Waals surface area contributed by atoms with Crippen molar-refractivity contribution in [2.75, 3.05) is 12.7 Å². The molecule has 0 aliphatic rings. The van der Waals surface area contributed by atoms with E-state index in [2.05, 4.69) is 101 Å². The van der Waals surface area contributed by atoms with E-state index in [1.54, 1.807) is 24.5 Å². The van der Waals surface area contributed by atoms with Gasteiger partial charge < -0.3 is 5.32 Å². The largest absolute Gasteiger partial charge is 0.352 e. The Labute approximate surface area is 190 Å². The van der Waals surface area contributed by atoms with Crippen molar-refractivity contribution in [2.24, 2.45) is 0 Å². The lowest BCUT2D eigenvalue weighted by Gasteiger charge is -2.27. The molecule has 0 unspecified atom stereocenters. The Hall–Kier alpha value is -3.29. The molecule has 0 fully saturated rings. The van der Waals surface area contributed by atoms with E-state index in [1.165, 1.54) is 15.9 Å². The van der Waals surface area contributed by atoms with Crippen molar-refractivity contribution >= 4 is 29.1 Å². The number of hydrogen-bond donors (Lipinski definition) is 1. The third kappa shape index (κ3) is 4.95. The first kappa shape index (κ1) is 21.9. The first-order valence-corrected chi connectivity index (χ1v) is 13.0. The summed E-state index contributed by atoms with van der Waals surface area (Å²) in [5.74, 6) is -0.0617. The summed E-state index contributed by atoms with van der Waals surface area (Å²) in [6, 6.07) is 36.3. The second-order valence-electron chi connectivity index (χ2n) is 7.74. The number of rotatable bonds is 9. The Morgan fingerprint density at radius 1 is 0.688 bits per heavy atom. The topological polar surface area (TPSA) is 42.0 Å². The lowest BCUT2D eigenvalue weighted by molar-refractivity contribution is 0.0953. The zero-order valence-electron chi connectivity index (χ0n) is 18.1. The van der Waals surface area contributed by atoms with E-state index in [0.717, 1.165) is 19.0 Å². The molecule has 4 rings (SSSR count). The first-order chi connectivity index (χ1) is 15.8. The number of carbonyl (C=O) groups is 1. The molecule has 0 spiro atoms. The third-order valence-corrected chi connectivity index (χ3v) is 10.2. The molecule has 0 bridgehead atoms. The second-order valence-corrected chi connectivity index (χ2v) is 11.4. The van der Waals surface area contributed by atoms with Crippen molar-refractivity contribution in [3.63, 3.8) is 0 Å². The summed E-state index contributed by atoms with van der Waals surface area (Å²) >= 11 is 0. The third-order valence-electron chi connectivity index (χ3n) is 5.72. The van der Waals surface area contributed by atoms with Crippen molar-refractivity contribution in [1.29, 1.82) is 0 Å². The maximum absolute atomic E-state index is 12.3. The zero-order valence-corrected chi connectivity index (χ0v) is 19.0. The van der Waals surface area contributed by atoms with E-state index in [-0.39, 0.29) is 5.91 Å². The van der Waals surface area contributed by atoms with Crippen LogP contribution < -0.4 is 21.2 Å². The normalized spacial score (nSPS) is 11.1. The van der Waals surface area contributed by atoms with Crippen molar-refractivity contribution in [3.8, 4) is 0 Å². The quantitative estimate of drug-likeness (QED) is 0.306. The number of carbonyl (C=O) groups excluding carboxylic acids is 1. The highest BCUT2D eigenvalue weighted by atomic mass is 31.2. The summed E-state index contributed by atoms with van der Waals surface area (Å²) in [7, 11) is -1.80. The SMILES string of the molecule is O=C(NCCCC[P+](c1ccccc1)(c1ccccc1)c1ccccc1)c1cccnc1. The monoisotopic (exact) mass is 439 g/mol. The maximum Gasteiger partial charge on any atom is 0.252 e. The predicted octanol–water partition coefficient (Wildman–Crippen LogP) is 4.59. The molecule has 4 aromatic rings. The minimum Gasteiger partial charge on any atom is -0.352 e. The lowest BCUT2D eigenvalue weighted by atomic mass is 10.2. The van der Waals surface area contributed by atoms with Gasteiger partial charge in [-0.2, -0.15) is 0 Å². The van der Waals surface area contributed by atoms with Gasteiger partial charge in [-0.1, -0.05) is 54.6 Å². The van der Waals surface area contributed by atoms with Gasteiger partial charge in [0, 0.05) is 18.9 Å². The summed E-state index contributed by atoms with van der Waals surface area (Å²) in [5.41, 5.74) is 0.604. The molecule has 0 aliphatic carbocycles. The van der Waals surface area contributed by atoms with E-state index in [9.17, 15) is 4.79 Å². The fourth-order valence-corrected chi connectivity index (χ4v) is 8.57. The molecular formula is C28H28N2OP+. The van der Waals surface area contributed by atoms with Crippen LogP contribution in [0.3, 0.4) is 0 Å². The van der Waals surface area contributed by atoms with Gasteiger partial charge in [0.25, 0.3) is 5.91 Å². The Balaban J connectivity index is 1.55. The molecule has 0 atom stereocenters. The molecule has 0 aliphatic heterocycles. The van der Waals surface area contributed by atoms with E-state index in [0.29, 0.717) is 12.1 Å². The van der Waals surface area contributed by atoms with E-state index in [1.807, 2.05) is 0 Å². The standard InChI is InChI=1S/C28H27N2OP/c31-28(24-13-12-20-29-23-24)30-21-10-11-22-32(25-14-4-1-5-15-25,26-16-6-2-7-17-26)27-18-8-3-9-19-27/h1-9,12-20,23H,10-11,21-22H2/p+1. The van der Waals surface area contributed by atoms with Crippen LogP contribution in [0.15, 0.2) is 116 Å². The number of hydrogen-bond acceptors (Lipinski definition) is 2. The van der Waals surface area contributed by atoms with Crippen molar-refractivity contribution in [2.45, 2.75) is 12.8 Å². The van der Waals surface area contributed by atoms with Gasteiger partial charge in [0.15, 0.2) is 0 Å². The van der Waals surface area contributed by atoms with Crippen molar-refractivity contribution in [1.82, 2.24) is 10.3 Å². The molecule has 1 amide bonds. The van der Waals surface area contributed by atoms with E-state index in [4.69, 9.17) is 0 Å². The van der Waals surface area contributed by atoms with Crippen LogP contribution >= 0.6 is 7.26 Å². The molecule has 4 heteroatoms. The van der Waals surface area contributed by atoms with Gasteiger partial charge in [-0.15, -0.1) is 0 Å². The van der Waals surface area contributed by atoms with Gasteiger partial charge in [-0.3, -0.25) is 9.78 Å². The predicted molar refractivity (Wildman–Crippen MR) is 136 cm³/mol. The smallest absolute Gasteiger partial charge is 0.252 e. The van der Waals surface area contributed by atoms with E-state index >= 15 is 0 Å². The Kier molecular flexibility index (Phi) is 7.42. The van der Waals surface area contributed by atoms with Crippen LogP contribution in [0, 0.1) is 0 Å². The number of benzene rings is 3. The molecule has 1 aromatic heterocycles. The molecule has 0 saturated heterocycles. The Morgan fingerprint density at radius 3 is 1.69 bits per heavy atom. The Bertz CT molecular complexity index is 1010. The van der Waals surface area contributed by atoms with Gasteiger partial charge in [0.2, 0.25) is 0 Å². The molecule has 3 nitrogen and oxygen atoms in total. The van der Waals surface area contributed by atoms with Gasteiger partial charge in [0.05, 0.1) is 11.7 Å². The number of nitrogens with zero attached hydrogens (tertiary/aromatic N) is 1. The molecule has 0 radical (unpaired) electrons. The number of amides is 1. The zero-order chi connectivity index (χ0) is 22.1. The molecule has 160 valence electrons. The maximum atomic E-state index is 12.3. The lowest BCUT2D eigenvalue weighted by Crippen LogP contribution is -2.33. The number of pyridine rings is 1. The first-order valence-electron chi connectivity index (χ1n) is 11.0. The highest BCUT2D eigenvalue weighted by Gasteiger charge is 2.44. The van der Waals surface area contributed by atoms with Crippen LogP contribution in [0.2, 0.25) is 0 Å². The highest BCUT2D eigenvalue weighted by molar-refractivity contribution is 7.95.